The maximum Gasteiger partial charge on any atom is 0.407 e. The smallest absolute Gasteiger partial charge is 0.407 e. The topological polar surface area (TPSA) is 95.9 Å². The van der Waals surface area contributed by atoms with Crippen LogP contribution in [0.5, 0.6) is 0 Å². The molecule has 1 heterocycles. The number of amides is 2. The summed E-state index contributed by atoms with van der Waals surface area (Å²) in [4.78, 5) is 37.9. The fourth-order valence-corrected chi connectivity index (χ4v) is 5.12. The number of hydrogen-bond acceptors (Lipinski definition) is 4. The maximum atomic E-state index is 12.7. The Morgan fingerprint density at radius 2 is 1.61 bits per heavy atom. The van der Waals surface area contributed by atoms with Crippen molar-refractivity contribution in [3.63, 3.8) is 0 Å². The average molecular weight is 449 g/mol. The SMILES string of the molecule is O=C(NC(CC(=O)N1CC(C(=O)O)C1)C1CCC1)OCC1c2ccccc2-c2ccccc21. The summed E-state index contributed by atoms with van der Waals surface area (Å²) < 4.78 is 5.67. The van der Waals surface area contributed by atoms with Gasteiger partial charge in [-0.3, -0.25) is 9.59 Å². The molecule has 2 aromatic rings. The van der Waals surface area contributed by atoms with Gasteiger partial charge in [-0.15, -0.1) is 0 Å². The molecule has 1 unspecified atom stereocenters. The van der Waals surface area contributed by atoms with E-state index in [-0.39, 0.29) is 49.9 Å². The van der Waals surface area contributed by atoms with Gasteiger partial charge in [0.15, 0.2) is 0 Å². The highest BCUT2D eigenvalue weighted by Gasteiger charge is 2.38. The number of carboxylic acids is 1. The van der Waals surface area contributed by atoms with Crippen LogP contribution in [0, 0.1) is 11.8 Å². The van der Waals surface area contributed by atoms with Crippen LogP contribution < -0.4 is 5.32 Å². The van der Waals surface area contributed by atoms with Gasteiger partial charge in [0.2, 0.25) is 5.91 Å². The monoisotopic (exact) mass is 448 g/mol. The van der Waals surface area contributed by atoms with Crippen LogP contribution in [0.4, 0.5) is 4.79 Å². The van der Waals surface area contributed by atoms with Gasteiger partial charge < -0.3 is 20.1 Å². The molecule has 0 radical (unpaired) electrons. The molecule has 0 aromatic heterocycles. The Labute approximate surface area is 192 Å². The Bertz CT molecular complexity index is 1030. The summed E-state index contributed by atoms with van der Waals surface area (Å²) in [5, 5.41) is 12.0. The Balaban J connectivity index is 1.20. The fraction of sp³-hybridized carbons (Fsp3) is 0.423. The fourth-order valence-electron chi connectivity index (χ4n) is 5.12. The van der Waals surface area contributed by atoms with Crippen molar-refractivity contribution in [3.05, 3.63) is 59.7 Å². The molecule has 2 aromatic carbocycles. The first-order valence-electron chi connectivity index (χ1n) is 11.6. The molecule has 1 aliphatic heterocycles. The van der Waals surface area contributed by atoms with Crippen molar-refractivity contribution in [2.45, 2.75) is 37.6 Å². The van der Waals surface area contributed by atoms with Gasteiger partial charge in [0, 0.05) is 31.5 Å². The van der Waals surface area contributed by atoms with Crippen molar-refractivity contribution < 1.29 is 24.2 Å². The molecular weight excluding hydrogens is 420 g/mol. The number of alkyl carbamates (subject to hydrolysis) is 1. The number of rotatable bonds is 7. The molecule has 1 saturated carbocycles. The van der Waals surface area contributed by atoms with Crippen molar-refractivity contribution >= 4 is 18.0 Å². The Kier molecular flexibility index (Phi) is 5.79. The van der Waals surface area contributed by atoms with Crippen molar-refractivity contribution in [1.82, 2.24) is 10.2 Å². The van der Waals surface area contributed by atoms with E-state index in [1.807, 2.05) is 24.3 Å². The first-order chi connectivity index (χ1) is 16.0. The quantitative estimate of drug-likeness (QED) is 0.674. The number of carbonyl (C=O) groups excluding carboxylic acids is 2. The number of likely N-dealkylation sites (tertiary alicyclic amines) is 1. The second kappa shape index (κ2) is 8.89. The summed E-state index contributed by atoms with van der Waals surface area (Å²) in [6.07, 6.45) is 2.71. The number of nitrogens with zero attached hydrogens (tertiary/aromatic N) is 1. The molecule has 0 spiro atoms. The largest absolute Gasteiger partial charge is 0.481 e. The lowest BCUT2D eigenvalue weighted by molar-refractivity contribution is -0.153. The van der Waals surface area contributed by atoms with Gasteiger partial charge in [-0.25, -0.2) is 4.79 Å². The first-order valence-corrected chi connectivity index (χ1v) is 11.6. The zero-order valence-electron chi connectivity index (χ0n) is 18.4. The standard InChI is InChI=1S/C26H28N2O5/c29-24(28-13-17(14-28)25(30)31)12-23(16-6-5-7-16)27-26(32)33-15-22-20-10-3-1-8-18(20)19-9-2-4-11-21(19)22/h1-4,8-11,16-17,22-23H,5-7,12-15H2,(H,27,32)(H,30,31). The molecule has 2 fully saturated rings. The van der Waals surface area contributed by atoms with Gasteiger partial charge in [-0.1, -0.05) is 55.0 Å². The lowest BCUT2D eigenvalue weighted by atomic mass is 9.78. The summed E-state index contributed by atoms with van der Waals surface area (Å²) in [7, 11) is 0. The second-order valence-corrected chi connectivity index (χ2v) is 9.31. The number of hydrogen-bond donors (Lipinski definition) is 2. The van der Waals surface area contributed by atoms with E-state index < -0.39 is 18.0 Å². The van der Waals surface area contributed by atoms with Crippen LogP contribution in [0.3, 0.4) is 0 Å². The van der Waals surface area contributed by atoms with E-state index in [0.29, 0.717) is 0 Å². The lowest BCUT2D eigenvalue weighted by Gasteiger charge is -2.39. The molecule has 172 valence electrons. The highest BCUT2D eigenvalue weighted by atomic mass is 16.5. The average Bonchev–Trinajstić information content (AvgIpc) is 3.03. The van der Waals surface area contributed by atoms with Crippen LogP contribution in [0.15, 0.2) is 48.5 Å². The van der Waals surface area contributed by atoms with Crippen LogP contribution in [0.2, 0.25) is 0 Å². The van der Waals surface area contributed by atoms with E-state index in [0.717, 1.165) is 30.4 Å². The molecule has 2 amide bonds. The molecule has 7 heteroatoms. The van der Waals surface area contributed by atoms with Gasteiger partial charge in [0.05, 0.1) is 5.92 Å². The van der Waals surface area contributed by atoms with E-state index in [4.69, 9.17) is 9.84 Å². The summed E-state index contributed by atoms with van der Waals surface area (Å²) in [6, 6.07) is 16.1. The number of benzene rings is 2. The maximum absolute atomic E-state index is 12.7. The molecule has 7 nitrogen and oxygen atoms in total. The van der Waals surface area contributed by atoms with Crippen LogP contribution >= 0.6 is 0 Å². The minimum atomic E-state index is -0.869. The number of fused-ring (bicyclic) bond motifs is 3. The van der Waals surface area contributed by atoms with Crippen molar-refractivity contribution in [1.29, 1.82) is 0 Å². The van der Waals surface area contributed by atoms with Gasteiger partial charge in [-0.2, -0.15) is 0 Å². The van der Waals surface area contributed by atoms with Crippen molar-refractivity contribution in [2.75, 3.05) is 19.7 Å². The van der Waals surface area contributed by atoms with Crippen molar-refractivity contribution in [2.24, 2.45) is 11.8 Å². The molecule has 0 bridgehead atoms. The third-order valence-electron chi connectivity index (χ3n) is 7.34. The predicted octanol–water partition coefficient (Wildman–Crippen LogP) is 3.63. The molecule has 2 aliphatic carbocycles. The Morgan fingerprint density at radius 1 is 1.00 bits per heavy atom. The summed E-state index contributed by atoms with van der Waals surface area (Å²) >= 11 is 0. The molecule has 2 N–H and O–H groups in total. The minimum Gasteiger partial charge on any atom is -0.481 e. The zero-order chi connectivity index (χ0) is 22.9. The van der Waals surface area contributed by atoms with E-state index in [2.05, 4.69) is 29.6 Å². The van der Waals surface area contributed by atoms with E-state index >= 15 is 0 Å². The van der Waals surface area contributed by atoms with Gasteiger partial charge in [0.25, 0.3) is 0 Å². The van der Waals surface area contributed by atoms with Crippen LogP contribution in [-0.4, -0.2) is 53.7 Å². The first kappa shape index (κ1) is 21.5. The second-order valence-electron chi connectivity index (χ2n) is 9.31. The highest BCUT2D eigenvalue weighted by Crippen LogP contribution is 2.44. The predicted molar refractivity (Wildman–Crippen MR) is 122 cm³/mol. The van der Waals surface area contributed by atoms with Crippen molar-refractivity contribution in [3.8, 4) is 11.1 Å². The van der Waals surface area contributed by atoms with Crippen LogP contribution in [0.25, 0.3) is 11.1 Å². The summed E-state index contributed by atoms with van der Waals surface area (Å²) in [6.45, 7) is 0.727. The molecular formula is C26H28N2O5. The molecule has 3 aliphatic rings. The minimum absolute atomic E-state index is 0.0130. The van der Waals surface area contributed by atoms with Crippen LogP contribution in [-0.2, 0) is 14.3 Å². The van der Waals surface area contributed by atoms with Gasteiger partial charge in [0.1, 0.15) is 6.61 Å². The Morgan fingerprint density at radius 3 is 2.15 bits per heavy atom. The third kappa shape index (κ3) is 4.19. The van der Waals surface area contributed by atoms with Gasteiger partial charge in [-0.05, 0) is 41.0 Å². The zero-order valence-corrected chi connectivity index (χ0v) is 18.4. The Hall–Kier alpha value is -3.35. The number of aliphatic carboxylic acids is 1. The normalized spacial score (nSPS) is 18.5. The lowest BCUT2D eigenvalue weighted by Crippen LogP contribution is -2.55. The van der Waals surface area contributed by atoms with E-state index in [1.54, 1.807) is 4.90 Å². The molecule has 1 atom stereocenters. The van der Waals surface area contributed by atoms with E-state index in [1.165, 1.54) is 11.1 Å². The number of nitrogens with one attached hydrogen (secondary N) is 1. The van der Waals surface area contributed by atoms with E-state index in [9.17, 15) is 14.4 Å². The number of carboxylic acid groups (broad SMARTS) is 1. The number of carbonyl (C=O) groups is 3. The molecule has 33 heavy (non-hydrogen) atoms. The van der Waals surface area contributed by atoms with Gasteiger partial charge >= 0.3 is 12.1 Å². The summed E-state index contributed by atoms with van der Waals surface area (Å²) in [5.41, 5.74) is 4.66. The molecule has 5 rings (SSSR count). The third-order valence-corrected chi connectivity index (χ3v) is 7.34. The van der Waals surface area contributed by atoms with Crippen LogP contribution in [0.1, 0.15) is 42.7 Å². The highest BCUT2D eigenvalue weighted by molar-refractivity contribution is 5.82. The molecule has 1 saturated heterocycles. The summed E-state index contributed by atoms with van der Waals surface area (Å²) in [5.74, 6) is -1.21. The number of ether oxygens (including phenoxy) is 1.